The largest absolute Gasteiger partial charge is 0.378 e. The van der Waals surface area contributed by atoms with Crippen LogP contribution in [-0.4, -0.2) is 32.0 Å². The molecule has 37 heavy (non-hydrogen) atoms. The van der Waals surface area contributed by atoms with Gasteiger partial charge in [-0.15, -0.1) is 0 Å². The minimum atomic E-state index is -1.21. The molecule has 0 fully saturated rings. The average molecular weight is 524 g/mol. The van der Waals surface area contributed by atoms with Crippen LogP contribution >= 0.6 is 11.6 Å². The molecule has 6 nitrogen and oxygen atoms in total. The molecule has 0 saturated heterocycles. The number of rotatable bonds is 6. The number of halogens is 3. The number of nitrogens with zero attached hydrogens (tertiary/aromatic N) is 3. The Labute approximate surface area is 219 Å². The van der Waals surface area contributed by atoms with Crippen LogP contribution in [0.15, 0.2) is 42.5 Å². The van der Waals surface area contributed by atoms with Crippen molar-refractivity contribution in [2.24, 2.45) is 12.8 Å². The van der Waals surface area contributed by atoms with Gasteiger partial charge in [0, 0.05) is 30.8 Å². The molecular weight excluding hydrogens is 496 g/mol. The van der Waals surface area contributed by atoms with E-state index in [-0.39, 0.29) is 6.42 Å². The van der Waals surface area contributed by atoms with Gasteiger partial charge in [-0.3, -0.25) is 4.68 Å². The van der Waals surface area contributed by atoms with Crippen LogP contribution in [0.2, 0.25) is 5.02 Å². The van der Waals surface area contributed by atoms with Crippen molar-refractivity contribution in [1.82, 2.24) is 14.8 Å². The Morgan fingerprint density at radius 3 is 2.46 bits per heavy atom. The highest BCUT2D eigenvalue weighted by Crippen LogP contribution is 2.39. The molecule has 0 radical (unpaired) electrons. The van der Waals surface area contributed by atoms with E-state index in [0.717, 1.165) is 22.5 Å². The molecule has 0 aliphatic rings. The Balaban J connectivity index is 1.91. The Kier molecular flexibility index (Phi) is 7.51. The van der Waals surface area contributed by atoms with Crippen molar-refractivity contribution < 1.29 is 13.9 Å². The second-order valence-corrected chi connectivity index (χ2v) is 9.75. The zero-order chi connectivity index (χ0) is 26.9. The fourth-order valence-electron chi connectivity index (χ4n) is 4.24. The predicted octanol–water partition coefficient (Wildman–Crippen LogP) is 5.36. The fraction of sp³-hybridized carbons (Fsp3) is 0.286. The molecule has 4 rings (SSSR count). The first-order valence-corrected chi connectivity index (χ1v) is 12.2. The SMILES string of the molecule is CCNc1nn(C)c2c(-c3ccc(C#CC(C)(C)O)nc3C(N)Cc3cc(F)cc(F)c3)ccc(Cl)c12. The molecule has 0 aliphatic heterocycles. The maximum atomic E-state index is 13.9. The van der Waals surface area contributed by atoms with E-state index in [4.69, 9.17) is 22.3 Å². The molecule has 0 spiro atoms. The number of fused-ring (bicyclic) bond motifs is 1. The van der Waals surface area contributed by atoms with E-state index in [0.29, 0.717) is 39.9 Å². The molecule has 192 valence electrons. The zero-order valence-corrected chi connectivity index (χ0v) is 21.8. The summed E-state index contributed by atoms with van der Waals surface area (Å²) >= 11 is 6.57. The van der Waals surface area contributed by atoms with Gasteiger partial charge in [0.05, 0.1) is 27.7 Å². The van der Waals surface area contributed by atoms with Crippen LogP contribution < -0.4 is 11.1 Å². The molecular formula is C28H28ClF2N5O. The Morgan fingerprint density at radius 2 is 1.81 bits per heavy atom. The number of pyridine rings is 1. The van der Waals surface area contributed by atoms with Crippen LogP contribution in [0.4, 0.5) is 14.6 Å². The smallest absolute Gasteiger partial charge is 0.157 e. The van der Waals surface area contributed by atoms with Gasteiger partial charge in [-0.05, 0) is 69.0 Å². The number of aryl methyl sites for hydroxylation is 1. The molecule has 2 aromatic heterocycles. The van der Waals surface area contributed by atoms with Crippen LogP contribution in [0, 0.1) is 23.5 Å². The number of nitrogens with one attached hydrogen (secondary N) is 1. The van der Waals surface area contributed by atoms with Gasteiger partial charge in [0.15, 0.2) is 5.82 Å². The number of benzene rings is 2. The van der Waals surface area contributed by atoms with Crippen molar-refractivity contribution in [2.75, 3.05) is 11.9 Å². The van der Waals surface area contributed by atoms with E-state index < -0.39 is 23.3 Å². The van der Waals surface area contributed by atoms with Gasteiger partial charge in [0.25, 0.3) is 0 Å². The summed E-state index contributed by atoms with van der Waals surface area (Å²) in [6.07, 6.45) is 0.141. The molecule has 4 aromatic rings. The normalized spacial score (nSPS) is 12.4. The van der Waals surface area contributed by atoms with Crippen molar-refractivity contribution >= 4 is 28.3 Å². The summed E-state index contributed by atoms with van der Waals surface area (Å²) in [4.78, 5) is 4.72. The minimum absolute atomic E-state index is 0.141. The fourth-order valence-corrected chi connectivity index (χ4v) is 4.48. The maximum Gasteiger partial charge on any atom is 0.157 e. The van der Waals surface area contributed by atoms with Crippen molar-refractivity contribution in [3.63, 3.8) is 0 Å². The van der Waals surface area contributed by atoms with E-state index in [1.165, 1.54) is 12.1 Å². The summed E-state index contributed by atoms with van der Waals surface area (Å²) in [6, 6.07) is 9.88. The molecule has 0 amide bonds. The molecule has 0 saturated carbocycles. The van der Waals surface area contributed by atoms with E-state index in [1.54, 1.807) is 30.7 Å². The molecule has 2 heterocycles. The summed E-state index contributed by atoms with van der Waals surface area (Å²) in [6.45, 7) is 5.80. The lowest BCUT2D eigenvalue weighted by atomic mass is 9.94. The van der Waals surface area contributed by atoms with E-state index in [1.807, 2.05) is 26.1 Å². The van der Waals surface area contributed by atoms with Crippen molar-refractivity contribution in [3.05, 3.63) is 76.1 Å². The summed E-state index contributed by atoms with van der Waals surface area (Å²) in [5.74, 6) is 4.95. The minimum Gasteiger partial charge on any atom is -0.378 e. The predicted molar refractivity (Wildman–Crippen MR) is 143 cm³/mol. The second kappa shape index (κ2) is 10.5. The molecule has 0 bridgehead atoms. The van der Waals surface area contributed by atoms with Crippen LogP contribution in [0.3, 0.4) is 0 Å². The third-order valence-electron chi connectivity index (χ3n) is 5.72. The average Bonchev–Trinajstić information content (AvgIpc) is 3.14. The number of hydrogen-bond donors (Lipinski definition) is 3. The Hall–Kier alpha value is -3.51. The van der Waals surface area contributed by atoms with E-state index in [9.17, 15) is 13.9 Å². The van der Waals surface area contributed by atoms with Crippen molar-refractivity contribution in [3.8, 4) is 23.0 Å². The standard InChI is InChI=1S/C28H28ClF2N5O/c1-5-33-27-24-22(29)9-8-21(26(24)36(4)35-27)20-7-6-19(10-11-28(2,3)37)34-25(20)23(32)14-16-12-17(30)15-18(31)13-16/h6-9,12-13,15,23,37H,5,14,32H2,1-4H3,(H,33,35). The van der Waals surface area contributed by atoms with E-state index in [2.05, 4.69) is 22.3 Å². The summed E-state index contributed by atoms with van der Waals surface area (Å²) < 4.78 is 29.5. The third kappa shape index (κ3) is 5.91. The quantitative estimate of drug-likeness (QED) is 0.296. The van der Waals surface area contributed by atoms with Crippen molar-refractivity contribution in [1.29, 1.82) is 0 Å². The molecule has 2 aromatic carbocycles. The lowest BCUT2D eigenvalue weighted by molar-refractivity contribution is 0.143. The van der Waals surface area contributed by atoms with Crippen molar-refractivity contribution in [2.45, 2.75) is 38.8 Å². The number of anilines is 1. The molecule has 0 aliphatic carbocycles. The first kappa shape index (κ1) is 26.6. The van der Waals surface area contributed by atoms with Gasteiger partial charge in [-0.25, -0.2) is 13.8 Å². The molecule has 1 unspecified atom stereocenters. The topological polar surface area (TPSA) is 89.0 Å². The van der Waals surface area contributed by atoms with Gasteiger partial charge in [0.1, 0.15) is 22.9 Å². The highest BCUT2D eigenvalue weighted by Gasteiger charge is 2.22. The summed E-state index contributed by atoms with van der Waals surface area (Å²) in [5, 5.41) is 19.2. The van der Waals surface area contributed by atoms with Crippen LogP contribution in [-0.2, 0) is 13.5 Å². The van der Waals surface area contributed by atoms with Gasteiger partial charge < -0.3 is 16.2 Å². The van der Waals surface area contributed by atoms with Gasteiger partial charge in [-0.1, -0.05) is 23.6 Å². The van der Waals surface area contributed by atoms with Crippen LogP contribution in [0.25, 0.3) is 22.0 Å². The van der Waals surface area contributed by atoms with Crippen LogP contribution in [0.5, 0.6) is 0 Å². The zero-order valence-electron chi connectivity index (χ0n) is 21.0. The van der Waals surface area contributed by atoms with Gasteiger partial charge in [0.2, 0.25) is 0 Å². The highest BCUT2D eigenvalue weighted by atomic mass is 35.5. The molecule has 9 heteroatoms. The maximum absolute atomic E-state index is 13.9. The number of aliphatic hydroxyl groups is 1. The first-order chi connectivity index (χ1) is 17.5. The molecule has 4 N–H and O–H groups in total. The third-order valence-corrected chi connectivity index (χ3v) is 6.04. The lowest BCUT2D eigenvalue weighted by Crippen LogP contribution is -2.17. The Bertz CT molecular complexity index is 1510. The summed E-state index contributed by atoms with van der Waals surface area (Å²) in [5.41, 5.74) is 9.00. The van der Waals surface area contributed by atoms with E-state index >= 15 is 0 Å². The number of hydrogen-bond acceptors (Lipinski definition) is 5. The van der Waals surface area contributed by atoms with Gasteiger partial charge >= 0.3 is 0 Å². The summed E-state index contributed by atoms with van der Waals surface area (Å²) in [7, 11) is 1.83. The first-order valence-electron chi connectivity index (χ1n) is 11.8. The number of aromatic nitrogens is 3. The highest BCUT2D eigenvalue weighted by molar-refractivity contribution is 6.37. The molecule has 1 atom stereocenters. The monoisotopic (exact) mass is 523 g/mol. The van der Waals surface area contributed by atoms with Crippen LogP contribution in [0.1, 0.15) is 43.8 Å². The lowest BCUT2D eigenvalue weighted by Gasteiger charge is -2.18. The second-order valence-electron chi connectivity index (χ2n) is 9.35. The number of nitrogens with two attached hydrogens (primary N) is 1. The van der Waals surface area contributed by atoms with Gasteiger partial charge in [-0.2, -0.15) is 5.10 Å². The Morgan fingerprint density at radius 1 is 1.14 bits per heavy atom.